The number of hydrogen-bond donors (Lipinski definition) is 1. The molecule has 0 atom stereocenters. The summed E-state index contributed by atoms with van der Waals surface area (Å²) in [6.45, 7) is 3.72. The largest absolute Gasteiger partial charge is 0.379 e. The highest BCUT2D eigenvalue weighted by atomic mass is 35.5. The van der Waals surface area contributed by atoms with E-state index in [4.69, 9.17) is 50.0 Å². The molecule has 0 saturated carbocycles. The van der Waals surface area contributed by atoms with Crippen molar-refractivity contribution in [3.05, 3.63) is 28.2 Å². The second-order valence-corrected chi connectivity index (χ2v) is 7.80. The molecule has 2 radical (unpaired) electrons. The first kappa shape index (κ1) is 27.6. The molecule has 33 heavy (non-hydrogen) atoms. The molecule has 1 aliphatic heterocycles. The van der Waals surface area contributed by atoms with Gasteiger partial charge in [0.15, 0.2) is 7.85 Å². The highest BCUT2D eigenvalue weighted by Crippen LogP contribution is 2.28. The Morgan fingerprint density at radius 2 is 1.48 bits per heavy atom. The summed E-state index contributed by atoms with van der Waals surface area (Å²) in [6.07, 6.45) is 1.06. The summed E-state index contributed by atoms with van der Waals surface area (Å²) in [7, 11) is 5.00. The Kier molecular flexibility index (Phi) is 13.4. The van der Waals surface area contributed by atoms with Crippen LogP contribution in [0.15, 0.2) is 23.3 Å². The van der Waals surface area contributed by atoms with E-state index >= 15 is 0 Å². The van der Waals surface area contributed by atoms with Crippen molar-refractivity contribution in [1.29, 1.82) is 0 Å². The Hall–Kier alpha value is -1.69. The minimum absolute atomic E-state index is 0.155. The number of halogens is 2. The molecule has 180 valence electrons. The van der Waals surface area contributed by atoms with E-state index in [2.05, 4.69) is 10.4 Å². The van der Waals surface area contributed by atoms with Gasteiger partial charge in [-0.25, -0.2) is 0 Å². The van der Waals surface area contributed by atoms with E-state index in [0.29, 0.717) is 75.1 Å². The highest BCUT2D eigenvalue weighted by Gasteiger charge is 2.18. The summed E-state index contributed by atoms with van der Waals surface area (Å²) in [6, 6.07) is 5.28. The van der Waals surface area contributed by atoms with E-state index in [0.717, 1.165) is 5.69 Å². The molecule has 1 aromatic rings. The van der Waals surface area contributed by atoms with Crippen LogP contribution in [-0.2, 0) is 28.5 Å². The van der Waals surface area contributed by atoms with E-state index < -0.39 is 0 Å². The molecule has 1 amide bonds. The third-order valence-corrected chi connectivity index (χ3v) is 5.11. The van der Waals surface area contributed by atoms with Crippen molar-refractivity contribution in [2.24, 2.45) is 5.10 Å². The van der Waals surface area contributed by atoms with Crippen molar-refractivity contribution >= 4 is 54.2 Å². The highest BCUT2D eigenvalue weighted by molar-refractivity contribution is 6.57. The van der Waals surface area contributed by atoms with Crippen LogP contribution < -0.4 is 10.3 Å². The molecule has 12 heteroatoms. The van der Waals surface area contributed by atoms with Gasteiger partial charge in [-0.2, -0.15) is 5.10 Å². The molecular weight excluding hydrogens is 472 g/mol. The monoisotopic (exact) mass is 499 g/mol. The maximum Gasteiger partial charge on any atom is 0.227 e. The fourth-order valence-electron chi connectivity index (χ4n) is 2.70. The molecule has 0 saturated heterocycles. The SMILES string of the molecule is [B]C(=O)CCOCCOCCOCCOCCC(=O)NC1=NN(c2ccc(Cl)c(Cl)c2)CC1. The first-order chi connectivity index (χ1) is 16.0. The summed E-state index contributed by atoms with van der Waals surface area (Å²) >= 11 is 12.0. The zero-order chi connectivity index (χ0) is 23.9. The van der Waals surface area contributed by atoms with Gasteiger partial charge >= 0.3 is 0 Å². The number of amides is 1. The van der Waals surface area contributed by atoms with Crippen LogP contribution in [0.3, 0.4) is 0 Å². The van der Waals surface area contributed by atoms with Crippen LogP contribution in [0.4, 0.5) is 5.69 Å². The number of amidine groups is 1. The molecule has 0 bridgehead atoms. The minimum Gasteiger partial charge on any atom is -0.379 e. The molecule has 9 nitrogen and oxygen atoms in total. The standard InChI is InChI=1S/C21H28BCl2N3O6/c22-19(28)4-7-30-9-11-32-13-14-33-12-10-31-8-5-21(29)25-20-3-6-27(26-20)16-1-2-17(23)18(24)15-16/h1-2,15H,3-14H2,(H,25,26,29). The van der Waals surface area contributed by atoms with E-state index in [1.54, 1.807) is 17.1 Å². The Morgan fingerprint density at radius 3 is 2.06 bits per heavy atom. The lowest BCUT2D eigenvalue weighted by atomic mass is 10.0. The molecule has 0 fully saturated rings. The van der Waals surface area contributed by atoms with E-state index in [9.17, 15) is 9.59 Å². The number of ether oxygens (including phenoxy) is 4. The lowest BCUT2D eigenvalue weighted by molar-refractivity contribution is -0.121. The van der Waals surface area contributed by atoms with Gasteiger partial charge < -0.3 is 29.1 Å². The van der Waals surface area contributed by atoms with E-state index in [-0.39, 0.29) is 31.0 Å². The van der Waals surface area contributed by atoms with Crippen molar-refractivity contribution < 1.29 is 28.5 Å². The summed E-state index contributed by atoms with van der Waals surface area (Å²) in [5, 5.41) is 9.92. The fourth-order valence-corrected chi connectivity index (χ4v) is 2.99. The smallest absolute Gasteiger partial charge is 0.227 e. The van der Waals surface area contributed by atoms with Crippen LogP contribution in [0.2, 0.25) is 10.0 Å². The molecule has 1 heterocycles. The van der Waals surface area contributed by atoms with Gasteiger partial charge in [-0.15, -0.1) is 0 Å². The fraction of sp³-hybridized carbons (Fsp3) is 0.571. The van der Waals surface area contributed by atoms with Gasteiger partial charge in [0.1, 0.15) is 5.84 Å². The third kappa shape index (κ3) is 11.8. The molecule has 0 spiro atoms. The second kappa shape index (κ2) is 16.0. The van der Waals surface area contributed by atoms with Crippen LogP contribution in [-0.4, -0.2) is 84.7 Å². The van der Waals surface area contributed by atoms with Gasteiger partial charge in [0.2, 0.25) is 5.91 Å². The molecule has 0 aliphatic carbocycles. The van der Waals surface area contributed by atoms with Crippen molar-refractivity contribution in [3.63, 3.8) is 0 Å². The number of carbonyl (C=O) groups is 2. The molecule has 2 rings (SSSR count). The normalized spacial score (nSPS) is 13.3. The summed E-state index contributed by atoms with van der Waals surface area (Å²) < 4.78 is 21.3. The molecule has 0 aromatic heterocycles. The first-order valence-corrected chi connectivity index (χ1v) is 11.4. The molecular formula is C21H28BCl2N3O6. The topological polar surface area (TPSA) is 98.7 Å². The summed E-state index contributed by atoms with van der Waals surface area (Å²) in [5.41, 5.74) is 0.430. The van der Waals surface area contributed by atoms with E-state index in [1.807, 2.05) is 6.07 Å². The van der Waals surface area contributed by atoms with Crippen molar-refractivity contribution in [2.45, 2.75) is 19.3 Å². The van der Waals surface area contributed by atoms with Gasteiger partial charge in [-0.3, -0.25) is 9.80 Å². The number of benzene rings is 1. The van der Waals surface area contributed by atoms with Gasteiger partial charge in [0.05, 0.1) is 80.7 Å². The number of nitrogens with one attached hydrogen (secondary N) is 1. The molecule has 0 unspecified atom stereocenters. The Labute approximate surface area is 205 Å². The average Bonchev–Trinajstić information content (AvgIpc) is 3.24. The van der Waals surface area contributed by atoms with Crippen molar-refractivity contribution in [2.75, 3.05) is 64.4 Å². The lowest BCUT2D eigenvalue weighted by Gasteiger charge is -2.13. The van der Waals surface area contributed by atoms with Crippen LogP contribution in [0, 0.1) is 0 Å². The zero-order valence-corrected chi connectivity index (χ0v) is 19.9. The van der Waals surface area contributed by atoms with Crippen molar-refractivity contribution in [3.8, 4) is 0 Å². The Bertz CT molecular complexity index is 799. The Balaban J connectivity index is 1.44. The third-order valence-electron chi connectivity index (χ3n) is 4.37. The lowest BCUT2D eigenvalue weighted by Crippen LogP contribution is -2.30. The number of hydrazone groups is 1. The van der Waals surface area contributed by atoms with E-state index in [1.165, 1.54) is 0 Å². The van der Waals surface area contributed by atoms with Crippen LogP contribution >= 0.6 is 23.2 Å². The van der Waals surface area contributed by atoms with Crippen LogP contribution in [0.25, 0.3) is 0 Å². The van der Waals surface area contributed by atoms with Gasteiger partial charge in [0, 0.05) is 19.4 Å². The Morgan fingerprint density at radius 1 is 0.909 bits per heavy atom. The summed E-state index contributed by atoms with van der Waals surface area (Å²) in [4.78, 5) is 22.6. The number of nitrogens with zero attached hydrogens (tertiary/aromatic N) is 2. The first-order valence-electron chi connectivity index (χ1n) is 10.6. The number of anilines is 1. The minimum atomic E-state index is -0.386. The number of carbonyl (C=O) groups excluding carboxylic acids is 2. The van der Waals surface area contributed by atoms with Gasteiger partial charge in [0.25, 0.3) is 0 Å². The number of hydrogen-bond acceptors (Lipinski definition) is 8. The van der Waals surface area contributed by atoms with Crippen LogP contribution in [0.5, 0.6) is 0 Å². The molecule has 1 aromatic carbocycles. The zero-order valence-electron chi connectivity index (χ0n) is 18.4. The maximum atomic E-state index is 12.1. The summed E-state index contributed by atoms with van der Waals surface area (Å²) in [5.74, 6) is 0.449. The maximum absolute atomic E-state index is 12.1. The number of rotatable bonds is 16. The molecule has 1 aliphatic rings. The average molecular weight is 500 g/mol. The van der Waals surface area contributed by atoms with Crippen molar-refractivity contribution in [1.82, 2.24) is 5.32 Å². The predicted octanol–water partition coefficient (Wildman–Crippen LogP) is 2.17. The van der Waals surface area contributed by atoms with Gasteiger partial charge in [-0.1, -0.05) is 23.2 Å². The van der Waals surface area contributed by atoms with Gasteiger partial charge in [-0.05, 0) is 18.2 Å². The quantitative estimate of drug-likeness (QED) is 0.275. The second-order valence-electron chi connectivity index (χ2n) is 6.98. The molecule has 1 N–H and O–H groups in total. The predicted molar refractivity (Wildman–Crippen MR) is 127 cm³/mol. The van der Waals surface area contributed by atoms with Crippen LogP contribution in [0.1, 0.15) is 19.3 Å².